The van der Waals surface area contributed by atoms with Crippen molar-refractivity contribution in [2.75, 3.05) is 0 Å². The topological polar surface area (TPSA) is 52.9 Å². The van der Waals surface area contributed by atoms with Gasteiger partial charge in [0.2, 0.25) is 0 Å². The molecule has 1 aromatic rings. The van der Waals surface area contributed by atoms with Crippen LogP contribution in [0.5, 0.6) is 0 Å². The maximum Gasteiger partial charge on any atom is 0.254 e. The predicted octanol–water partition coefficient (Wildman–Crippen LogP) is 2.51. The number of halogens is 2. The monoisotopic (exact) mass is 240 g/mol. The lowest BCUT2D eigenvalue weighted by molar-refractivity contribution is 0.0929. The summed E-state index contributed by atoms with van der Waals surface area (Å²) in [5, 5.41) is 11.2. The number of hydrogen-bond donors (Lipinski definition) is 1. The Morgan fingerprint density at radius 2 is 2.19 bits per heavy atom. The van der Waals surface area contributed by atoms with Gasteiger partial charge in [0, 0.05) is 0 Å². The van der Waals surface area contributed by atoms with Gasteiger partial charge in [0.15, 0.2) is 0 Å². The number of nitriles is 1. The van der Waals surface area contributed by atoms with Crippen molar-refractivity contribution in [3.05, 3.63) is 34.6 Å². The van der Waals surface area contributed by atoms with Crippen molar-refractivity contribution in [1.82, 2.24) is 5.32 Å². The van der Waals surface area contributed by atoms with Gasteiger partial charge in [-0.05, 0) is 32.0 Å². The fraction of sp³-hybridized carbons (Fsp3) is 0.273. The molecule has 0 bridgehead atoms. The molecule has 0 atom stereocenters. The summed E-state index contributed by atoms with van der Waals surface area (Å²) in [6, 6.07) is 5.39. The Balaban J connectivity index is 2.95. The quantitative estimate of drug-likeness (QED) is 0.864. The first-order valence-corrected chi connectivity index (χ1v) is 4.92. The molecule has 0 aliphatic rings. The van der Waals surface area contributed by atoms with Crippen LogP contribution in [0.3, 0.4) is 0 Å². The van der Waals surface area contributed by atoms with Crippen molar-refractivity contribution in [1.29, 1.82) is 5.26 Å². The number of nitrogens with one attached hydrogen (secondary N) is 1. The van der Waals surface area contributed by atoms with E-state index in [9.17, 15) is 9.18 Å². The molecule has 0 aliphatic heterocycles. The molecule has 0 spiro atoms. The summed E-state index contributed by atoms with van der Waals surface area (Å²) in [5.41, 5.74) is -0.846. The second-order valence-corrected chi connectivity index (χ2v) is 4.22. The van der Waals surface area contributed by atoms with E-state index in [1.54, 1.807) is 13.8 Å². The van der Waals surface area contributed by atoms with E-state index in [2.05, 4.69) is 5.32 Å². The Labute approximate surface area is 97.8 Å². The molecular weight excluding hydrogens is 231 g/mol. The molecule has 1 rings (SSSR count). The van der Waals surface area contributed by atoms with E-state index in [1.807, 2.05) is 6.07 Å². The van der Waals surface area contributed by atoms with Crippen LogP contribution in [0.25, 0.3) is 0 Å². The summed E-state index contributed by atoms with van der Waals surface area (Å²) in [6.45, 7) is 3.12. The van der Waals surface area contributed by atoms with Crippen molar-refractivity contribution < 1.29 is 9.18 Å². The highest BCUT2D eigenvalue weighted by Gasteiger charge is 2.21. The van der Waals surface area contributed by atoms with E-state index < -0.39 is 17.3 Å². The van der Waals surface area contributed by atoms with E-state index in [1.165, 1.54) is 6.07 Å². The van der Waals surface area contributed by atoms with Crippen molar-refractivity contribution in [2.24, 2.45) is 0 Å². The normalized spacial score (nSPS) is 10.7. The molecule has 0 aliphatic carbocycles. The predicted molar refractivity (Wildman–Crippen MR) is 58.6 cm³/mol. The highest BCUT2D eigenvalue weighted by Crippen LogP contribution is 2.17. The molecule has 0 saturated heterocycles. The van der Waals surface area contributed by atoms with Crippen molar-refractivity contribution in [3.8, 4) is 6.07 Å². The van der Waals surface area contributed by atoms with Crippen LogP contribution in [0.2, 0.25) is 5.02 Å². The molecule has 16 heavy (non-hydrogen) atoms. The largest absolute Gasteiger partial charge is 0.334 e. The average molecular weight is 241 g/mol. The van der Waals surface area contributed by atoms with Gasteiger partial charge in [-0.2, -0.15) is 5.26 Å². The van der Waals surface area contributed by atoms with Crippen LogP contribution in [0.4, 0.5) is 4.39 Å². The summed E-state index contributed by atoms with van der Waals surface area (Å²) >= 11 is 5.71. The van der Waals surface area contributed by atoms with Crippen LogP contribution in [-0.4, -0.2) is 11.4 Å². The molecule has 0 saturated carbocycles. The summed E-state index contributed by atoms with van der Waals surface area (Å²) in [6.07, 6.45) is 0. The van der Waals surface area contributed by atoms with E-state index in [0.717, 1.165) is 12.1 Å². The van der Waals surface area contributed by atoms with Gasteiger partial charge >= 0.3 is 0 Å². The second-order valence-electron chi connectivity index (χ2n) is 3.82. The van der Waals surface area contributed by atoms with Gasteiger partial charge in [-0.25, -0.2) is 4.39 Å². The van der Waals surface area contributed by atoms with E-state index in [4.69, 9.17) is 16.9 Å². The fourth-order valence-corrected chi connectivity index (χ4v) is 1.31. The van der Waals surface area contributed by atoms with E-state index >= 15 is 0 Å². The van der Waals surface area contributed by atoms with Gasteiger partial charge in [-0.1, -0.05) is 11.6 Å². The number of benzene rings is 1. The van der Waals surface area contributed by atoms with Gasteiger partial charge < -0.3 is 5.32 Å². The van der Waals surface area contributed by atoms with Gasteiger partial charge in [0.1, 0.15) is 11.4 Å². The van der Waals surface area contributed by atoms with Gasteiger partial charge in [0.05, 0.1) is 16.7 Å². The molecule has 0 fully saturated rings. The summed E-state index contributed by atoms with van der Waals surface area (Å²) < 4.78 is 12.7. The Kier molecular flexibility index (Phi) is 3.51. The van der Waals surface area contributed by atoms with Crippen LogP contribution in [-0.2, 0) is 0 Å². The number of amides is 1. The Hall–Kier alpha value is -1.60. The van der Waals surface area contributed by atoms with Crippen molar-refractivity contribution in [3.63, 3.8) is 0 Å². The highest BCUT2D eigenvalue weighted by molar-refractivity contribution is 6.33. The first-order valence-electron chi connectivity index (χ1n) is 4.54. The van der Waals surface area contributed by atoms with E-state index in [-0.39, 0.29) is 10.6 Å². The SMILES string of the molecule is CC(C)(C#N)NC(=O)c1ccc(F)cc1Cl. The minimum Gasteiger partial charge on any atom is -0.334 e. The first-order chi connectivity index (χ1) is 7.35. The third-order valence-electron chi connectivity index (χ3n) is 1.88. The minimum absolute atomic E-state index is 0.0197. The molecule has 0 unspecified atom stereocenters. The molecule has 0 radical (unpaired) electrons. The number of carbonyl (C=O) groups is 1. The molecule has 0 heterocycles. The second kappa shape index (κ2) is 4.50. The lowest BCUT2D eigenvalue weighted by Crippen LogP contribution is -2.42. The average Bonchev–Trinajstić information content (AvgIpc) is 2.16. The molecule has 5 heteroatoms. The lowest BCUT2D eigenvalue weighted by atomic mass is 10.1. The number of nitrogens with zero attached hydrogens (tertiary/aromatic N) is 1. The zero-order valence-corrected chi connectivity index (χ0v) is 9.60. The zero-order chi connectivity index (χ0) is 12.3. The first kappa shape index (κ1) is 12.5. The highest BCUT2D eigenvalue weighted by atomic mass is 35.5. The van der Waals surface area contributed by atoms with Gasteiger partial charge in [0.25, 0.3) is 5.91 Å². The van der Waals surface area contributed by atoms with Crippen LogP contribution in [0.15, 0.2) is 18.2 Å². The van der Waals surface area contributed by atoms with Gasteiger partial charge in [-0.3, -0.25) is 4.79 Å². The lowest BCUT2D eigenvalue weighted by Gasteiger charge is -2.17. The van der Waals surface area contributed by atoms with Crippen LogP contribution >= 0.6 is 11.6 Å². The van der Waals surface area contributed by atoms with Crippen molar-refractivity contribution >= 4 is 17.5 Å². The standard InChI is InChI=1S/C11H10ClFN2O/c1-11(2,6-14)15-10(16)8-4-3-7(13)5-9(8)12/h3-5H,1-2H3,(H,15,16). The summed E-state index contributed by atoms with van der Waals surface area (Å²) in [7, 11) is 0. The van der Waals surface area contributed by atoms with Crippen molar-refractivity contribution in [2.45, 2.75) is 19.4 Å². The van der Waals surface area contributed by atoms with E-state index in [0.29, 0.717) is 0 Å². The maximum absolute atomic E-state index is 12.7. The fourth-order valence-electron chi connectivity index (χ4n) is 1.05. The van der Waals surface area contributed by atoms with Gasteiger partial charge in [-0.15, -0.1) is 0 Å². The molecule has 84 valence electrons. The smallest absolute Gasteiger partial charge is 0.254 e. The summed E-state index contributed by atoms with van der Waals surface area (Å²) in [5.74, 6) is -1.02. The summed E-state index contributed by atoms with van der Waals surface area (Å²) in [4.78, 5) is 11.7. The Bertz CT molecular complexity index is 466. The molecule has 3 nitrogen and oxygen atoms in total. The Morgan fingerprint density at radius 1 is 1.56 bits per heavy atom. The molecular formula is C11H10ClFN2O. The molecule has 1 N–H and O–H groups in total. The molecule has 1 amide bonds. The zero-order valence-electron chi connectivity index (χ0n) is 8.84. The van der Waals surface area contributed by atoms with Crippen LogP contribution < -0.4 is 5.32 Å². The third kappa shape index (κ3) is 2.94. The third-order valence-corrected chi connectivity index (χ3v) is 2.19. The van der Waals surface area contributed by atoms with Crippen LogP contribution in [0, 0.1) is 17.1 Å². The Morgan fingerprint density at radius 3 is 2.69 bits per heavy atom. The molecule has 0 aromatic heterocycles. The number of carbonyl (C=O) groups excluding carboxylic acids is 1. The number of rotatable bonds is 2. The minimum atomic E-state index is -0.991. The number of hydrogen-bond acceptors (Lipinski definition) is 2. The molecule has 1 aromatic carbocycles. The maximum atomic E-state index is 12.7. The van der Waals surface area contributed by atoms with Crippen LogP contribution in [0.1, 0.15) is 24.2 Å².